The third-order valence-corrected chi connectivity index (χ3v) is 6.74. The topological polar surface area (TPSA) is 41.9 Å². The van der Waals surface area contributed by atoms with Crippen LogP contribution in [0.1, 0.15) is 49.3 Å². The molecule has 2 aromatic carbocycles. The van der Waals surface area contributed by atoms with Crippen molar-refractivity contribution in [3.63, 3.8) is 0 Å². The third-order valence-electron chi connectivity index (χ3n) is 6.74. The summed E-state index contributed by atoms with van der Waals surface area (Å²) >= 11 is 0. The van der Waals surface area contributed by atoms with Crippen LogP contribution in [0.25, 0.3) is 0 Å². The maximum Gasteiger partial charge on any atom is 0.231 e. The minimum atomic E-state index is -0.634. The molecule has 0 spiro atoms. The summed E-state index contributed by atoms with van der Waals surface area (Å²) in [6.45, 7) is 1.54. The third kappa shape index (κ3) is 3.07. The Morgan fingerprint density at radius 3 is 2.82 bits per heavy atom. The number of hydrogen-bond donors (Lipinski definition) is 1. The van der Waals surface area contributed by atoms with E-state index in [1.54, 1.807) is 6.07 Å². The highest BCUT2D eigenvalue weighted by molar-refractivity contribution is 5.45. The van der Waals surface area contributed by atoms with E-state index in [1.807, 2.05) is 24.3 Å². The Morgan fingerprint density at radius 2 is 1.93 bits per heavy atom. The van der Waals surface area contributed by atoms with Crippen LogP contribution in [-0.4, -0.2) is 28.9 Å². The van der Waals surface area contributed by atoms with E-state index in [1.165, 1.54) is 6.07 Å². The largest absolute Gasteiger partial charge is 0.454 e. The lowest BCUT2D eigenvalue weighted by atomic mass is 9.66. The summed E-state index contributed by atoms with van der Waals surface area (Å²) in [6.07, 6.45) is 4.79. The molecule has 1 N–H and O–H groups in total. The van der Waals surface area contributed by atoms with E-state index in [2.05, 4.69) is 11.0 Å². The SMILES string of the molecule is O[C@]12CCCC[C@@H]1[C@H](c1ccc3c(c1)OCO3)N(Cc1ccccc1F)CC2. The lowest BCUT2D eigenvalue weighted by Crippen LogP contribution is -2.54. The van der Waals surface area contributed by atoms with Crippen LogP contribution in [0.5, 0.6) is 11.5 Å². The predicted octanol–water partition coefficient (Wildman–Crippen LogP) is 4.42. The second kappa shape index (κ2) is 7.05. The number of nitrogens with zero attached hydrogens (tertiary/aromatic N) is 1. The highest BCUT2D eigenvalue weighted by Crippen LogP contribution is 2.50. The first kappa shape index (κ1) is 18.0. The predicted molar refractivity (Wildman–Crippen MR) is 104 cm³/mol. The van der Waals surface area contributed by atoms with Gasteiger partial charge in [-0.1, -0.05) is 37.1 Å². The van der Waals surface area contributed by atoms with Crippen molar-refractivity contribution in [2.45, 2.75) is 50.3 Å². The summed E-state index contributed by atoms with van der Waals surface area (Å²) in [4.78, 5) is 2.33. The summed E-state index contributed by atoms with van der Waals surface area (Å²) < 4.78 is 25.4. The van der Waals surface area contributed by atoms with Crippen LogP contribution in [0.2, 0.25) is 0 Å². The summed E-state index contributed by atoms with van der Waals surface area (Å²) in [7, 11) is 0. The Morgan fingerprint density at radius 1 is 1.07 bits per heavy atom. The molecule has 0 radical (unpaired) electrons. The zero-order valence-electron chi connectivity index (χ0n) is 15.9. The molecule has 2 aliphatic heterocycles. The van der Waals surface area contributed by atoms with Crippen LogP contribution in [-0.2, 0) is 6.54 Å². The molecule has 1 aliphatic carbocycles. The number of likely N-dealkylation sites (tertiary alicyclic amines) is 1. The van der Waals surface area contributed by atoms with Gasteiger partial charge in [-0.15, -0.1) is 0 Å². The number of halogens is 1. The molecule has 3 atom stereocenters. The van der Waals surface area contributed by atoms with Gasteiger partial charge in [0.1, 0.15) is 5.82 Å². The zero-order valence-corrected chi connectivity index (χ0v) is 15.9. The smallest absolute Gasteiger partial charge is 0.231 e. The van der Waals surface area contributed by atoms with E-state index >= 15 is 0 Å². The molecule has 5 rings (SSSR count). The van der Waals surface area contributed by atoms with Gasteiger partial charge in [-0.05, 0) is 43.0 Å². The molecule has 0 bridgehead atoms. The van der Waals surface area contributed by atoms with Gasteiger partial charge in [-0.2, -0.15) is 0 Å². The Hall–Kier alpha value is -2.11. The van der Waals surface area contributed by atoms with Crippen LogP contribution in [0.15, 0.2) is 42.5 Å². The van der Waals surface area contributed by atoms with E-state index < -0.39 is 5.60 Å². The van der Waals surface area contributed by atoms with Gasteiger partial charge >= 0.3 is 0 Å². The Balaban J connectivity index is 1.53. The maximum absolute atomic E-state index is 14.3. The number of hydrogen-bond acceptors (Lipinski definition) is 4. The lowest BCUT2D eigenvalue weighted by molar-refractivity contribution is -0.126. The van der Waals surface area contributed by atoms with Crippen LogP contribution in [0.3, 0.4) is 0 Å². The van der Waals surface area contributed by atoms with Gasteiger partial charge in [-0.3, -0.25) is 4.90 Å². The molecule has 2 aromatic rings. The minimum absolute atomic E-state index is 0.0353. The molecule has 148 valence electrons. The van der Waals surface area contributed by atoms with Crippen molar-refractivity contribution >= 4 is 0 Å². The first-order chi connectivity index (χ1) is 13.6. The van der Waals surface area contributed by atoms with Crippen molar-refractivity contribution in [3.05, 3.63) is 59.4 Å². The molecule has 2 heterocycles. The number of aliphatic hydroxyl groups is 1. The fraction of sp³-hybridized carbons (Fsp3) is 0.478. The molecule has 1 saturated carbocycles. The monoisotopic (exact) mass is 383 g/mol. The van der Waals surface area contributed by atoms with Crippen molar-refractivity contribution in [1.82, 2.24) is 4.90 Å². The van der Waals surface area contributed by atoms with E-state index in [9.17, 15) is 9.50 Å². The zero-order chi connectivity index (χ0) is 19.1. The Labute approximate surface area is 164 Å². The summed E-state index contributed by atoms with van der Waals surface area (Å²) in [5.41, 5.74) is 1.19. The first-order valence-corrected chi connectivity index (χ1v) is 10.2. The molecule has 0 unspecified atom stereocenters. The second-order valence-electron chi connectivity index (χ2n) is 8.33. The highest BCUT2D eigenvalue weighted by atomic mass is 19.1. The van der Waals surface area contributed by atoms with E-state index in [0.29, 0.717) is 12.1 Å². The number of piperidine rings is 1. The van der Waals surface area contributed by atoms with Crippen molar-refractivity contribution in [3.8, 4) is 11.5 Å². The maximum atomic E-state index is 14.3. The Kier molecular flexibility index (Phi) is 4.52. The standard InChI is InChI=1S/C23H26FNO3/c24-19-7-2-1-5-17(19)14-25-12-11-23(26)10-4-3-6-18(23)22(25)16-8-9-20-21(13-16)28-15-27-20/h1-2,5,7-9,13,18,22,26H,3-4,6,10-12,14-15H2/t18-,22+,23+/m1/s1. The number of benzene rings is 2. The van der Waals surface area contributed by atoms with Gasteiger partial charge in [0.25, 0.3) is 0 Å². The quantitative estimate of drug-likeness (QED) is 0.852. The normalized spacial score (nSPS) is 29.5. The molecular formula is C23H26FNO3. The number of ether oxygens (including phenoxy) is 2. The number of rotatable bonds is 3. The van der Waals surface area contributed by atoms with Crippen LogP contribution in [0, 0.1) is 11.7 Å². The molecule has 4 nitrogen and oxygen atoms in total. The summed E-state index contributed by atoms with van der Waals surface area (Å²) in [6, 6.07) is 13.1. The fourth-order valence-corrected chi connectivity index (χ4v) is 5.31. The van der Waals surface area contributed by atoms with E-state index in [4.69, 9.17) is 9.47 Å². The lowest BCUT2D eigenvalue weighted by Gasteiger charge is -2.52. The average molecular weight is 383 g/mol. The van der Waals surface area contributed by atoms with Gasteiger partial charge < -0.3 is 14.6 Å². The minimum Gasteiger partial charge on any atom is -0.454 e. The van der Waals surface area contributed by atoms with Crippen molar-refractivity contribution in [1.29, 1.82) is 0 Å². The fourth-order valence-electron chi connectivity index (χ4n) is 5.31. The van der Waals surface area contributed by atoms with Gasteiger partial charge in [-0.25, -0.2) is 4.39 Å². The highest BCUT2D eigenvalue weighted by Gasteiger charge is 2.49. The van der Waals surface area contributed by atoms with E-state index in [-0.39, 0.29) is 24.6 Å². The second-order valence-corrected chi connectivity index (χ2v) is 8.33. The summed E-state index contributed by atoms with van der Waals surface area (Å²) in [5, 5.41) is 11.4. The average Bonchev–Trinajstić information content (AvgIpc) is 3.17. The molecule has 0 aromatic heterocycles. The molecule has 3 aliphatic rings. The van der Waals surface area contributed by atoms with Crippen molar-refractivity contribution in [2.24, 2.45) is 5.92 Å². The molecule has 0 amide bonds. The van der Waals surface area contributed by atoms with Crippen LogP contribution >= 0.6 is 0 Å². The molecule has 1 saturated heterocycles. The molecule has 5 heteroatoms. The molecule has 28 heavy (non-hydrogen) atoms. The van der Waals surface area contributed by atoms with Gasteiger partial charge in [0, 0.05) is 30.6 Å². The van der Waals surface area contributed by atoms with E-state index in [0.717, 1.165) is 55.7 Å². The van der Waals surface area contributed by atoms with Gasteiger partial charge in [0.15, 0.2) is 11.5 Å². The summed E-state index contributed by atoms with van der Waals surface area (Å²) in [5.74, 6) is 1.49. The Bertz CT molecular complexity index is 873. The van der Waals surface area contributed by atoms with Crippen molar-refractivity contribution in [2.75, 3.05) is 13.3 Å². The van der Waals surface area contributed by atoms with Gasteiger partial charge in [0.05, 0.1) is 5.60 Å². The van der Waals surface area contributed by atoms with Crippen LogP contribution < -0.4 is 9.47 Å². The van der Waals surface area contributed by atoms with Crippen molar-refractivity contribution < 1.29 is 19.0 Å². The first-order valence-electron chi connectivity index (χ1n) is 10.2. The number of fused-ring (bicyclic) bond motifs is 2. The van der Waals surface area contributed by atoms with Gasteiger partial charge in [0.2, 0.25) is 6.79 Å². The van der Waals surface area contributed by atoms with Crippen LogP contribution in [0.4, 0.5) is 4.39 Å². The molecule has 2 fully saturated rings. The molecular weight excluding hydrogens is 357 g/mol.